The SMILES string of the molecule is O=C(C1CCC1)N1CCOc2c(O)cc(-c3cccnc3)cc2C1. The van der Waals surface area contributed by atoms with Crippen molar-refractivity contribution in [2.75, 3.05) is 13.2 Å². The first-order chi connectivity index (χ1) is 11.7. The van der Waals surface area contributed by atoms with Gasteiger partial charge >= 0.3 is 0 Å². The number of benzene rings is 1. The van der Waals surface area contributed by atoms with Crippen LogP contribution in [0.1, 0.15) is 24.8 Å². The van der Waals surface area contributed by atoms with E-state index in [9.17, 15) is 9.90 Å². The Morgan fingerprint density at radius 3 is 2.88 bits per heavy atom. The number of carbonyl (C=O) groups is 1. The minimum atomic E-state index is 0.115. The molecule has 0 bridgehead atoms. The monoisotopic (exact) mass is 324 g/mol. The second-order valence-electron chi connectivity index (χ2n) is 6.46. The molecule has 5 heteroatoms. The van der Waals surface area contributed by atoms with E-state index in [1.54, 1.807) is 18.5 Å². The first-order valence-electron chi connectivity index (χ1n) is 8.40. The minimum absolute atomic E-state index is 0.115. The van der Waals surface area contributed by atoms with Crippen molar-refractivity contribution in [1.29, 1.82) is 0 Å². The molecule has 1 saturated carbocycles. The van der Waals surface area contributed by atoms with Crippen molar-refractivity contribution in [3.8, 4) is 22.6 Å². The Morgan fingerprint density at radius 1 is 1.29 bits per heavy atom. The van der Waals surface area contributed by atoms with Crippen LogP contribution < -0.4 is 4.74 Å². The number of aromatic hydroxyl groups is 1. The Kier molecular flexibility index (Phi) is 3.84. The third kappa shape index (κ3) is 2.70. The van der Waals surface area contributed by atoms with E-state index in [2.05, 4.69) is 4.98 Å². The fourth-order valence-electron chi connectivity index (χ4n) is 3.30. The van der Waals surface area contributed by atoms with E-state index in [4.69, 9.17) is 4.74 Å². The van der Waals surface area contributed by atoms with Crippen LogP contribution in [0.5, 0.6) is 11.5 Å². The van der Waals surface area contributed by atoms with Crippen LogP contribution in [0.15, 0.2) is 36.7 Å². The molecule has 1 fully saturated rings. The minimum Gasteiger partial charge on any atom is -0.504 e. The number of rotatable bonds is 2. The molecule has 2 heterocycles. The van der Waals surface area contributed by atoms with Crippen molar-refractivity contribution in [2.24, 2.45) is 5.92 Å². The highest BCUT2D eigenvalue weighted by atomic mass is 16.5. The third-order valence-corrected chi connectivity index (χ3v) is 4.88. The Balaban J connectivity index is 1.67. The number of hydrogen-bond acceptors (Lipinski definition) is 4. The molecule has 2 aliphatic rings. The van der Waals surface area contributed by atoms with Crippen LogP contribution in [0, 0.1) is 5.92 Å². The molecule has 0 spiro atoms. The summed E-state index contributed by atoms with van der Waals surface area (Å²) >= 11 is 0. The number of carbonyl (C=O) groups excluding carboxylic acids is 1. The van der Waals surface area contributed by atoms with E-state index in [1.807, 2.05) is 23.1 Å². The lowest BCUT2D eigenvalue weighted by atomic mass is 9.84. The number of phenolic OH excluding ortho intramolecular Hbond substituents is 1. The largest absolute Gasteiger partial charge is 0.504 e. The van der Waals surface area contributed by atoms with Crippen LogP contribution in [-0.4, -0.2) is 34.0 Å². The van der Waals surface area contributed by atoms with Crippen LogP contribution in [0.3, 0.4) is 0 Å². The molecule has 2 aromatic rings. The maximum absolute atomic E-state index is 12.6. The maximum atomic E-state index is 12.6. The average molecular weight is 324 g/mol. The van der Waals surface area contributed by atoms with Crippen molar-refractivity contribution in [3.05, 3.63) is 42.2 Å². The van der Waals surface area contributed by atoms with E-state index in [0.29, 0.717) is 25.4 Å². The Bertz CT molecular complexity index is 757. The molecule has 0 radical (unpaired) electrons. The van der Waals surface area contributed by atoms with Gasteiger partial charge < -0.3 is 14.7 Å². The number of phenols is 1. The molecule has 5 nitrogen and oxygen atoms in total. The van der Waals surface area contributed by atoms with Crippen molar-refractivity contribution >= 4 is 5.91 Å². The topological polar surface area (TPSA) is 62.7 Å². The quantitative estimate of drug-likeness (QED) is 0.922. The first kappa shape index (κ1) is 15.0. The van der Waals surface area contributed by atoms with Gasteiger partial charge in [-0.15, -0.1) is 0 Å². The van der Waals surface area contributed by atoms with Crippen LogP contribution >= 0.6 is 0 Å². The predicted molar refractivity (Wildman–Crippen MR) is 89.6 cm³/mol. The summed E-state index contributed by atoms with van der Waals surface area (Å²) in [4.78, 5) is 18.6. The lowest BCUT2D eigenvalue weighted by Gasteiger charge is -2.30. The average Bonchev–Trinajstić information content (AvgIpc) is 2.77. The Hall–Kier alpha value is -2.56. The zero-order valence-electron chi connectivity index (χ0n) is 13.4. The summed E-state index contributed by atoms with van der Waals surface area (Å²) in [5.41, 5.74) is 2.65. The summed E-state index contributed by atoms with van der Waals surface area (Å²) < 4.78 is 5.72. The van der Waals surface area contributed by atoms with Crippen LogP contribution in [0.25, 0.3) is 11.1 Å². The lowest BCUT2D eigenvalue weighted by Crippen LogP contribution is -2.39. The second-order valence-corrected chi connectivity index (χ2v) is 6.46. The number of amides is 1. The molecule has 1 aromatic heterocycles. The van der Waals surface area contributed by atoms with Gasteiger partial charge in [0.1, 0.15) is 6.61 Å². The molecule has 0 saturated heterocycles. The molecule has 1 amide bonds. The maximum Gasteiger partial charge on any atom is 0.226 e. The van der Waals surface area contributed by atoms with Gasteiger partial charge in [-0.3, -0.25) is 9.78 Å². The summed E-state index contributed by atoms with van der Waals surface area (Å²) in [6.45, 7) is 1.45. The summed E-state index contributed by atoms with van der Waals surface area (Å²) in [6.07, 6.45) is 6.60. The summed E-state index contributed by atoms with van der Waals surface area (Å²) in [5, 5.41) is 10.4. The molecular weight excluding hydrogens is 304 g/mol. The van der Waals surface area contributed by atoms with E-state index in [1.165, 1.54) is 0 Å². The van der Waals surface area contributed by atoms with Crippen molar-refractivity contribution < 1.29 is 14.6 Å². The van der Waals surface area contributed by atoms with Crippen LogP contribution in [0.4, 0.5) is 0 Å². The van der Waals surface area contributed by atoms with Crippen LogP contribution in [0.2, 0.25) is 0 Å². The van der Waals surface area contributed by atoms with Gasteiger partial charge in [0.2, 0.25) is 5.91 Å². The number of hydrogen-bond donors (Lipinski definition) is 1. The van der Waals surface area contributed by atoms with Gasteiger partial charge in [0, 0.05) is 36.0 Å². The third-order valence-electron chi connectivity index (χ3n) is 4.88. The van der Waals surface area contributed by atoms with Gasteiger partial charge in [-0.25, -0.2) is 0 Å². The highest BCUT2D eigenvalue weighted by molar-refractivity contribution is 5.80. The number of nitrogens with zero attached hydrogens (tertiary/aromatic N) is 2. The van der Waals surface area contributed by atoms with Crippen LogP contribution in [-0.2, 0) is 11.3 Å². The standard InChI is InChI=1S/C19H20N2O3/c22-17-10-15(14-5-2-6-20-11-14)9-16-12-21(7-8-24-18(16)17)19(23)13-3-1-4-13/h2,5-6,9-11,13,22H,1,3-4,7-8,12H2. The number of pyridine rings is 1. The zero-order valence-corrected chi connectivity index (χ0v) is 13.4. The Morgan fingerprint density at radius 2 is 2.17 bits per heavy atom. The summed E-state index contributed by atoms with van der Waals surface area (Å²) in [6, 6.07) is 7.49. The lowest BCUT2D eigenvalue weighted by molar-refractivity contribution is -0.138. The van der Waals surface area contributed by atoms with Crippen molar-refractivity contribution in [1.82, 2.24) is 9.88 Å². The molecule has 1 aliphatic carbocycles. The van der Waals surface area contributed by atoms with Gasteiger partial charge in [0.05, 0.1) is 6.54 Å². The molecule has 1 aromatic carbocycles. The Labute approximate surface area is 140 Å². The molecule has 1 N–H and O–H groups in total. The molecular formula is C19H20N2O3. The normalized spacial score (nSPS) is 17.4. The van der Waals surface area contributed by atoms with Gasteiger partial charge in [-0.2, -0.15) is 0 Å². The van der Waals surface area contributed by atoms with Gasteiger partial charge in [0.25, 0.3) is 0 Å². The zero-order chi connectivity index (χ0) is 16.5. The molecule has 0 unspecified atom stereocenters. The molecule has 4 rings (SSSR count). The van der Waals surface area contributed by atoms with Gasteiger partial charge in [-0.1, -0.05) is 12.5 Å². The van der Waals surface area contributed by atoms with Gasteiger partial charge in [0.15, 0.2) is 11.5 Å². The van der Waals surface area contributed by atoms with E-state index >= 15 is 0 Å². The molecule has 124 valence electrons. The molecule has 1 aliphatic heterocycles. The first-order valence-corrected chi connectivity index (χ1v) is 8.40. The highest BCUT2D eigenvalue weighted by Crippen LogP contribution is 2.38. The molecule has 0 atom stereocenters. The fourth-order valence-corrected chi connectivity index (χ4v) is 3.30. The highest BCUT2D eigenvalue weighted by Gasteiger charge is 2.31. The number of aromatic nitrogens is 1. The van der Waals surface area contributed by atoms with Crippen molar-refractivity contribution in [2.45, 2.75) is 25.8 Å². The summed E-state index contributed by atoms with van der Waals surface area (Å²) in [5.74, 6) is 0.987. The van der Waals surface area contributed by atoms with Gasteiger partial charge in [-0.05, 0) is 36.6 Å². The number of ether oxygens (including phenoxy) is 1. The van der Waals surface area contributed by atoms with Crippen molar-refractivity contribution in [3.63, 3.8) is 0 Å². The second kappa shape index (κ2) is 6.15. The summed E-state index contributed by atoms with van der Waals surface area (Å²) in [7, 11) is 0. The van der Waals surface area contributed by atoms with E-state index < -0.39 is 0 Å². The molecule has 24 heavy (non-hydrogen) atoms. The predicted octanol–water partition coefficient (Wildman–Crippen LogP) is 2.98. The van der Waals surface area contributed by atoms with E-state index in [-0.39, 0.29) is 17.6 Å². The van der Waals surface area contributed by atoms with E-state index in [0.717, 1.165) is 36.0 Å². The fraction of sp³-hybridized carbons (Fsp3) is 0.368. The smallest absolute Gasteiger partial charge is 0.226 e. The number of fused-ring (bicyclic) bond motifs is 1.